The third-order valence-electron chi connectivity index (χ3n) is 4.28. The number of ether oxygens (including phenoxy) is 1. The van der Waals surface area contributed by atoms with Crippen LogP contribution in [0.5, 0.6) is 5.75 Å². The maximum Gasteiger partial charge on any atom is 0.404 e. The van der Waals surface area contributed by atoms with Crippen molar-refractivity contribution in [1.82, 2.24) is 5.16 Å². The lowest BCUT2D eigenvalue weighted by atomic mass is 9.98. The van der Waals surface area contributed by atoms with E-state index in [0.717, 1.165) is 29.8 Å². The molecule has 0 aliphatic carbocycles. The van der Waals surface area contributed by atoms with Gasteiger partial charge in [-0.2, -0.15) is 26.3 Å². The van der Waals surface area contributed by atoms with E-state index in [9.17, 15) is 26.3 Å². The lowest BCUT2D eigenvalue weighted by Crippen LogP contribution is -2.34. The molecule has 0 unspecified atom stereocenters. The number of rotatable bonds is 5. The van der Waals surface area contributed by atoms with Crippen LogP contribution in [0.15, 0.2) is 59.1 Å². The van der Waals surface area contributed by atoms with Crippen LogP contribution in [0.25, 0.3) is 11.3 Å². The summed E-state index contributed by atoms with van der Waals surface area (Å²) in [5.41, 5.74) is 1.07. The second-order valence-electron chi connectivity index (χ2n) is 6.31. The van der Waals surface area contributed by atoms with Gasteiger partial charge in [-0.15, -0.1) is 0 Å². The van der Waals surface area contributed by atoms with E-state index in [2.05, 4.69) is 5.16 Å². The molecule has 3 nitrogen and oxygen atoms in total. The zero-order valence-electron chi connectivity index (χ0n) is 15.0. The first-order valence-corrected chi connectivity index (χ1v) is 8.44. The summed E-state index contributed by atoms with van der Waals surface area (Å²) in [6.07, 6.45) is -10.9. The molecule has 154 valence electrons. The van der Waals surface area contributed by atoms with Gasteiger partial charge in [-0.3, -0.25) is 0 Å². The van der Waals surface area contributed by atoms with Crippen molar-refractivity contribution in [3.8, 4) is 17.0 Å². The summed E-state index contributed by atoms with van der Waals surface area (Å²) in [7, 11) is 0. The van der Waals surface area contributed by atoms with Crippen LogP contribution in [-0.4, -0.2) is 17.5 Å². The molecule has 0 saturated carbocycles. The van der Waals surface area contributed by atoms with Crippen LogP contribution in [-0.2, 0) is 6.61 Å². The molecular formula is C20H15F6NO2. The third kappa shape index (κ3) is 4.72. The van der Waals surface area contributed by atoms with Crippen molar-refractivity contribution < 1.29 is 35.6 Å². The van der Waals surface area contributed by atoms with Crippen molar-refractivity contribution in [2.45, 2.75) is 31.8 Å². The van der Waals surface area contributed by atoms with E-state index < -0.39 is 23.8 Å². The molecule has 0 bridgehead atoms. The minimum atomic E-state index is -5.44. The van der Waals surface area contributed by atoms with Gasteiger partial charge >= 0.3 is 12.4 Å². The second-order valence-corrected chi connectivity index (χ2v) is 6.31. The average molecular weight is 415 g/mol. The number of alkyl halides is 6. The van der Waals surface area contributed by atoms with E-state index >= 15 is 0 Å². The van der Waals surface area contributed by atoms with Crippen LogP contribution in [0.1, 0.15) is 22.8 Å². The highest BCUT2D eigenvalue weighted by molar-refractivity contribution is 5.63. The minimum Gasteiger partial charge on any atom is -0.489 e. The van der Waals surface area contributed by atoms with Gasteiger partial charge in [0.25, 0.3) is 0 Å². The lowest BCUT2D eigenvalue weighted by Gasteiger charge is -2.23. The van der Waals surface area contributed by atoms with Gasteiger partial charge in [0, 0.05) is 5.56 Å². The standard InChI is InChI=1S/C20H15F6NO2/c1-12-16(17(27-29-12)13-5-3-2-4-6-13)11-28-15-9-7-14(8-10-15)18(19(21,22)23)20(24,25)26/h2-10,18H,11H2,1H3. The molecule has 0 spiro atoms. The molecular weight excluding hydrogens is 400 g/mol. The minimum absolute atomic E-state index is 0.0130. The monoisotopic (exact) mass is 415 g/mol. The summed E-state index contributed by atoms with van der Waals surface area (Å²) in [4.78, 5) is 0. The number of aryl methyl sites for hydroxylation is 1. The summed E-state index contributed by atoms with van der Waals surface area (Å²) in [5, 5.41) is 3.98. The van der Waals surface area contributed by atoms with Crippen molar-refractivity contribution in [3.63, 3.8) is 0 Å². The largest absolute Gasteiger partial charge is 0.489 e. The maximum absolute atomic E-state index is 12.8. The topological polar surface area (TPSA) is 35.3 Å². The Hall–Kier alpha value is -2.97. The van der Waals surface area contributed by atoms with E-state index in [1.54, 1.807) is 6.92 Å². The highest BCUT2D eigenvalue weighted by atomic mass is 19.4. The van der Waals surface area contributed by atoms with Gasteiger partial charge in [-0.25, -0.2) is 0 Å². The number of nitrogens with zero attached hydrogens (tertiary/aromatic N) is 1. The zero-order chi connectivity index (χ0) is 21.2. The van der Waals surface area contributed by atoms with Crippen LogP contribution < -0.4 is 4.74 Å². The summed E-state index contributed by atoms with van der Waals surface area (Å²) in [5.74, 6) is -2.93. The van der Waals surface area contributed by atoms with E-state index in [0.29, 0.717) is 17.0 Å². The number of halogens is 6. The van der Waals surface area contributed by atoms with Crippen LogP contribution in [0.4, 0.5) is 26.3 Å². The molecule has 2 aromatic carbocycles. The molecule has 0 atom stereocenters. The Morgan fingerprint density at radius 1 is 0.897 bits per heavy atom. The molecule has 0 aliphatic rings. The summed E-state index contributed by atoms with van der Waals surface area (Å²) < 4.78 is 87.6. The van der Waals surface area contributed by atoms with Gasteiger partial charge < -0.3 is 9.26 Å². The predicted octanol–water partition coefficient (Wildman–Crippen LogP) is 6.44. The molecule has 3 rings (SSSR count). The van der Waals surface area contributed by atoms with Crippen LogP contribution in [0, 0.1) is 6.92 Å². The molecule has 1 heterocycles. The Morgan fingerprint density at radius 2 is 1.48 bits per heavy atom. The smallest absolute Gasteiger partial charge is 0.404 e. The van der Waals surface area contributed by atoms with E-state index in [1.807, 2.05) is 30.3 Å². The van der Waals surface area contributed by atoms with Gasteiger partial charge in [0.2, 0.25) is 0 Å². The molecule has 0 N–H and O–H groups in total. The molecule has 9 heteroatoms. The summed E-state index contributed by atoms with van der Waals surface area (Å²) >= 11 is 0. The number of benzene rings is 2. The van der Waals surface area contributed by atoms with Gasteiger partial charge in [-0.1, -0.05) is 47.6 Å². The average Bonchev–Trinajstić information content (AvgIpc) is 3.00. The normalized spacial score (nSPS) is 12.4. The number of hydrogen-bond donors (Lipinski definition) is 0. The van der Waals surface area contributed by atoms with Crippen molar-refractivity contribution in [2.75, 3.05) is 0 Å². The molecule has 0 amide bonds. The highest BCUT2D eigenvalue weighted by Crippen LogP contribution is 2.46. The van der Waals surface area contributed by atoms with Gasteiger partial charge in [-0.05, 0) is 24.6 Å². The molecule has 1 aromatic heterocycles. The quantitative estimate of drug-likeness (QED) is 0.450. The van der Waals surface area contributed by atoms with Gasteiger partial charge in [0.05, 0.1) is 5.56 Å². The second kappa shape index (κ2) is 7.81. The van der Waals surface area contributed by atoms with Crippen molar-refractivity contribution in [1.29, 1.82) is 0 Å². The SMILES string of the molecule is Cc1onc(-c2ccccc2)c1COc1ccc(C(C(F)(F)F)C(F)(F)F)cc1. The molecule has 0 aliphatic heterocycles. The number of hydrogen-bond acceptors (Lipinski definition) is 3. The first-order valence-electron chi connectivity index (χ1n) is 8.44. The third-order valence-corrected chi connectivity index (χ3v) is 4.28. The van der Waals surface area contributed by atoms with Crippen molar-refractivity contribution in [3.05, 3.63) is 71.5 Å². The highest BCUT2D eigenvalue weighted by Gasteiger charge is 2.57. The number of aromatic nitrogens is 1. The van der Waals surface area contributed by atoms with Crippen LogP contribution in [0.3, 0.4) is 0 Å². The van der Waals surface area contributed by atoms with E-state index in [4.69, 9.17) is 9.26 Å². The lowest BCUT2D eigenvalue weighted by molar-refractivity contribution is -0.253. The molecule has 0 saturated heterocycles. The summed E-state index contributed by atoms with van der Waals surface area (Å²) in [6.45, 7) is 1.67. The summed E-state index contributed by atoms with van der Waals surface area (Å²) in [6, 6.07) is 12.8. The van der Waals surface area contributed by atoms with E-state index in [-0.39, 0.29) is 12.4 Å². The molecule has 29 heavy (non-hydrogen) atoms. The molecule has 3 aromatic rings. The fourth-order valence-corrected chi connectivity index (χ4v) is 2.86. The first-order chi connectivity index (χ1) is 13.6. The fourth-order valence-electron chi connectivity index (χ4n) is 2.86. The van der Waals surface area contributed by atoms with Gasteiger partial charge in [0.15, 0.2) is 5.92 Å². The predicted molar refractivity (Wildman–Crippen MR) is 92.3 cm³/mol. The van der Waals surface area contributed by atoms with E-state index in [1.165, 1.54) is 0 Å². The van der Waals surface area contributed by atoms with Crippen LogP contribution in [0.2, 0.25) is 0 Å². The van der Waals surface area contributed by atoms with Crippen LogP contribution >= 0.6 is 0 Å². The molecule has 0 fully saturated rings. The molecule has 0 radical (unpaired) electrons. The maximum atomic E-state index is 12.8. The Balaban J connectivity index is 1.78. The van der Waals surface area contributed by atoms with Crippen molar-refractivity contribution in [2.24, 2.45) is 0 Å². The Labute approximate surface area is 161 Å². The van der Waals surface area contributed by atoms with Crippen molar-refractivity contribution >= 4 is 0 Å². The Kier molecular flexibility index (Phi) is 5.59. The first kappa shape index (κ1) is 20.8. The Bertz CT molecular complexity index is 932. The zero-order valence-corrected chi connectivity index (χ0v) is 15.0. The Morgan fingerprint density at radius 3 is 2.03 bits per heavy atom. The fraction of sp³-hybridized carbons (Fsp3) is 0.250. The van der Waals surface area contributed by atoms with Gasteiger partial charge in [0.1, 0.15) is 23.8 Å².